The number of halogens is 4. The fourth-order valence-corrected chi connectivity index (χ4v) is 2.26. The highest BCUT2D eigenvalue weighted by Crippen LogP contribution is 2.23. The average molecular weight is 497 g/mol. The molecule has 3 rings (SSSR count). The molecule has 0 saturated heterocycles. The third kappa shape index (κ3) is 9.73. The van der Waals surface area contributed by atoms with E-state index in [-0.39, 0.29) is 28.2 Å². The van der Waals surface area contributed by atoms with Crippen molar-refractivity contribution in [2.75, 3.05) is 0 Å². The Balaban J connectivity index is 0.000000263. The topological polar surface area (TPSA) is 146 Å². The maximum atomic E-state index is 12.0. The van der Waals surface area contributed by atoms with Crippen molar-refractivity contribution in [3.63, 3.8) is 0 Å². The zero-order valence-electron chi connectivity index (χ0n) is 17.4. The highest BCUT2D eigenvalue weighted by Gasteiger charge is 2.12. The van der Waals surface area contributed by atoms with Gasteiger partial charge >= 0.3 is 0 Å². The first-order valence-corrected chi connectivity index (χ1v) is 9.20. The summed E-state index contributed by atoms with van der Waals surface area (Å²) in [5.41, 5.74) is -1.03. The number of rotatable bonds is 6. The second-order valence-corrected chi connectivity index (χ2v) is 6.28. The van der Waals surface area contributed by atoms with E-state index < -0.39 is 27.6 Å². The van der Waals surface area contributed by atoms with Crippen LogP contribution < -0.4 is 0 Å². The van der Waals surface area contributed by atoms with E-state index in [0.717, 1.165) is 24.3 Å². The number of nitrogens with zero attached hydrogens (tertiary/aromatic N) is 3. The summed E-state index contributed by atoms with van der Waals surface area (Å²) in [6, 6.07) is 14.4. The number of carbonyl (C=O) groups is 1. The van der Waals surface area contributed by atoms with Gasteiger partial charge in [-0.15, -0.1) is 0 Å². The third-order valence-corrected chi connectivity index (χ3v) is 3.88. The van der Waals surface area contributed by atoms with Crippen LogP contribution in [0, 0.1) is 30.3 Å². The van der Waals surface area contributed by atoms with Crippen molar-refractivity contribution < 1.29 is 37.1 Å². The van der Waals surface area contributed by atoms with Crippen LogP contribution in [0.1, 0.15) is 34.3 Å². The van der Waals surface area contributed by atoms with E-state index in [1.807, 2.05) is 0 Å². The lowest BCUT2D eigenvalue weighted by Crippen LogP contribution is -1.90. The molecule has 0 heterocycles. The number of alkyl halides is 4. The Kier molecular flexibility index (Phi) is 11.1. The maximum absolute atomic E-state index is 12.0. The number of aldehydes is 1. The first-order chi connectivity index (χ1) is 16.5. The van der Waals surface area contributed by atoms with Crippen molar-refractivity contribution in [1.82, 2.24) is 0 Å². The van der Waals surface area contributed by atoms with E-state index in [0.29, 0.717) is 11.8 Å². The van der Waals surface area contributed by atoms with E-state index in [1.165, 1.54) is 48.5 Å². The van der Waals surface area contributed by atoms with Gasteiger partial charge in [-0.25, -0.2) is 17.6 Å². The Hall–Kier alpha value is -4.75. The van der Waals surface area contributed by atoms with Crippen LogP contribution in [0.5, 0.6) is 0 Å². The Morgan fingerprint density at radius 1 is 0.600 bits per heavy atom. The van der Waals surface area contributed by atoms with Crippen molar-refractivity contribution in [2.45, 2.75) is 12.9 Å². The van der Waals surface area contributed by atoms with Crippen LogP contribution in [0.2, 0.25) is 0 Å². The number of hydrogen-bond acceptors (Lipinski definition) is 7. The zero-order chi connectivity index (χ0) is 26.5. The maximum Gasteiger partial charge on any atom is 0.270 e. The molecule has 0 aliphatic rings. The first kappa shape index (κ1) is 28.3. The second kappa shape index (κ2) is 13.7. The van der Waals surface area contributed by atoms with Gasteiger partial charge in [-0.3, -0.25) is 35.1 Å². The van der Waals surface area contributed by atoms with Crippen molar-refractivity contribution in [1.29, 1.82) is 0 Å². The number of nitro groups is 3. The Bertz CT molecular complexity index is 1130. The summed E-state index contributed by atoms with van der Waals surface area (Å²) in [5, 5.41) is 30.4. The predicted octanol–water partition coefficient (Wildman–Crippen LogP) is 6.47. The van der Waals surface area contributed by atoms with Crippen LogP contribution in [0.25, 0.3) is 0 Å². The molecule has 14 heteroatoms. The number of hydrogen-bond donors (Lipinski definition) is 0. The predicted molar refractivity (Wildman–Crippen MR) is 115 cm³/mol. The molecule has 0 N–H and O–H groups in total. The monoisotopic (exact) mass is 497 g/mol. The van der Waals surface area contributed by atoms with Gasteiger partial charge in [-0.05, 0) is 0 Å². The van der Waals surface area contributed by atoms with Crippen molar-refractivity contribution in [3.8, 4) is 0 Å². The molecule has 0 saturated carbocycles. The SMILES string of the molecule is O=Cc1cccc([N+](=O)[O-])c1.O=[N+]([O-])c1cccc(C(F)F)c1.O=[N+]([O-])c1cccc(C(F)F)c1. The molecule has 3 aromatic carbocycles. The van der Waals surface area contributed by atoms with Gasteiger partial charge in [0.25, 0.3) is 29.9 Å². The summed E-state index contributed by atoms with van der Waals surface area (Å²) >= 11 is 0. The minimum Gasteiger partial charge on any atom is -0.298 e. The molecule has 0 amide bonds. The van der Waals surface area contributed by atoms with Crippen molar-refractivity contribution in [3.05, 3.63) is 120 Å². The molecule has 0 aliphatic heterocycles. The normalized spacial score (nSPS) is 9.89. The fraction of sp³-hybridized carbons (Fsp3) is 0.0952. The Labute approximate surface area is 193 Å². The fourth-order valence-electron chi connectivity index (χ4n) is 2.26. The first-order valence-electron chi connectivity index (χ1n) is 9.20. The van der Waals surface area contributed by atoms with Crippen LogP contribution in [0.3, 0.4) is 0 Å². The van der Waals surface area contributed by atoms with Gasteiger partial charge in [0.05, 0.1) is 14.8 Å². The van der Waals surface area contributed by atoms with E-state index in [2.05, 4.69) is 0 Å². The van der Waals surface area contributed by atoms with Gasteiger partial charge in [0.2, 0.25) is 0 Å². The average Bonchev–Trinajstić information content (AvgIpc) is 2.85. The Morgan fingerprint density at radius 3 is 1.26 bits per heavy atom. The minimum atomic E-state index is -2.66. The number of carbonyl (C=O) groups excluding carboxylic acids is 1. The van der Waals surface area contributed by atoms with Gasteiger partial charge in [-0.2, -0.15) is 0 Å². The molecular weight excluding hydrogens is 482 g/mol. The van der Waals surface area contributed by atoms with Gasteiger partial charge in [-0.1, -0.05) is 36.4 Å². The quantitative estimate of drug-likeness (QED) is 0.164. The molecule has 35 heavy (non-hydrogen) atoms. The molecule has 0 aromatic heterocycles. The van der Waals surface area contributed by atoms with E-state index in [9.17, 15) is 52.7 Å². The zero-order valence-corrected chi connectivity index (χ0v) is 17.4. The van der Waals surface area contributed by atoms with Gasteiger partial charge in [0.1, 0.15) is 6.29 Å². The summed E-state index contributed by atoms with van der Waals surface area (Å²) < 4.78 is 48.0. The molecule has 0 spiro atoms. The molecule has 0 aliphatic carbocycles. The van der Waals surface area contributed by atoms with E-state index >= 15 is 0 Å². The minimum absolute atomic E-state index is 0.0606. The van der Waals surface area contributed by atoms with Crippen LogP contribution in [-0.4, -0.2) is 21.1 Å². The highest BCUT2D eigenvalue weighted by atomic mass is 19.3. The van der Waals surface area contributed by atoms with Gasteiger partial charge < -0.3 is 0 Å². The largest absolute Gasteiger partial charge is 0.298 e. The molecule has 0 unspecified atom stereocenters. The number of non-ortho nitro benzene ring substituents is 3. The lowest BCUT2D eigenvalue weighted by molar-refractivity contribution is -0.385. The molecular formula is C21H15F4N3O7. The molecule has 0 bridgehead atoms. The lowest BCUT2D eigenvalue weighted by Gasteiger charge is -1.97. The molecule has 3 aromatic rings. The van der Waals surface area contributed by atoms with Crippen LogP contribution in [-0.2, 0) is 0 Å². The molecule has 0 fully saturated rings. The van der Waals surface area contributed by atoms with E-state index in [4.69, 9.17) is 0 Å². The van der Waals surface area contributed by atoms with Crippen LogP contribution >= 0.6 is 0 Å². The van der Waals surface area contributed by atoms with Crippen molar-refractivity contribution in [2.24, 2.45) is 0 Å². The summed E-state index contributed by atoms with van der Waals surface area (Å²) in [4.78, 5) is 38.7. The van der Waals surface area contributed by atoms with Crippen molar-refractivity contribution >= 4 is 23.3 Å². The molecule has 0 radical (unpaired) electrons. The summed E-state index contributed by atoms with van der Waals surface area (Å²) in [6.07, 6.45) is -4.75. The van der Waals surface area contributed by atoms with Gasteiger partial charge in [0, 0.05) is 53.1 Å². The molecule has 184 valence electrons. The molecule has 0 atom stereocenters. The summed E-state index contributed by atoms with van der Waals surface area (Å²) in [7, 11) is 0. The van der Waals surface area contributed by atoms with Crippen LogP contribution in [0.4, 0.5) is 34.6 Å². The number of nitro benzene ring substituents is 3. The highest BCUT2D eigenvalue weighted by molar-refractivity contribution is 5.75. The molecule has 10 nitrogen and oxygen atoms in total. The summed E-state index contributed by atoms with van der Waals surface area (Å²) in [6.45, 7) is 0. The van der Waals surface area contributed by atoms with Gasteiger partial charge in [0.15, 0.2) is 0 Å². The Morgan fingerprint density at radius 2 is 0.943 bits per heavy atom. The summed E-state index contributed by atoms with van der Waals surface area (Å²) in [5.74, 6) is 0. The second-order valence-electron chi connectivity index (χ2n) is 6.28. The smallest absolute Gasteiger partial charge is 0.270 e. The lowest BCUT2D eigenvalue weighted by atomic mass is 10.2. The number of benzene rings is 3. The van der Waals surface area contributed by atoms with Crippen LogP contribution in [0.15, 0.2) is 72.8 Å². The van der Waals surface area contributed by atoms with E-state index in [1.54, 1.807) is 0 Å². The third-order valence-electron chi connectivity index (χ3n) is 3.88. The standard InChI is InChI=1S/2C7H5F2NO2.C7H5NO3/c2*8-7(9)5-2-1-3-6(4-5)10(11)12;9-5-6-2-1-3-7(4-6)8(10)11/h2*1-4,7H;1-5H.